The van der Waals surface area contributed by atoms with Crippen molar-refractivity contribution in [2.24, 2.45) is 5.92 Å². The molecule has 0 amide bonds. The van der Waals surface area contributed by atoms with Gasteiger partial charge in [0.15, 0.2) is 0 Å². The van der Waals surface area contributed by atoms with E-state index in [2.05, 4.69) is 29.1 Å². The molecular weight excluding hydrogens is 258 g/mol. The highest BCUT2D eigenvalue weighted by Gasteiger charge is 2.32. The molecule has 2 heterocycles. The molecule has 122 valence electrons. The maximum Gasteiger partial charge on any atom is 0.0197 e. The number of piperidine rings is 2. The topological polar surface area (TPSA) is 18.5 Å². The molecule has 2 aliphatic heterocycles. The van der Waals surface area contributed by atoms with E-state index in [-0.39, 0.29) is 0 Å². The number of nitrogens with zero attached hydrogens (tertiary/aromatic N) is 2. The van der Waals surface area contributed by atoms with Gasteiger partial charge in [0.2, 0.25) is 0 Å². The van der Waals surface area contributed by atoms with Crippen LogP contribution < -0.4 is 5.32 Å². The third-order valence-electron chi connectivity index (χ3n) is 6.38. The Morgan fingerprint density at radius 3 is 2.52 bits per heavy atom. The minimum atomic E-state index is 0.749. The number of rotatable bonds is 4. The monoisotopic (exact) mass is 293 g/mol. The molecule has 3 aliphatic rings. The van der Waals surface area contributed by atoms with Gasteiger partial charge in [0, 0.05) is 24.7 Å². The van der Waals surface area contributed by atoms with Crippen molar-refractivity contribution in [2.75, 3.05) is 33.2 Å². The summed E-state index contributed by atoms with van der Waals surface area (Å²) in [5.41, 5.74) is 0. The highest BCUT2D eigenvalue weighted by atomic mass is 15.2. The molecule has 3 atom stereocenters. The lowest BCUT2D eigenvalue weighted by Gasteiger charge is -2.43. The highest BCUT2D eigenvalue weighted by molar-refractivity contribution is 4.91. The average Bonchev–Trinajstić information content (AvgIpc) is 2.55. The predicted octanol–water partition coefficient (Wildman–Crippen LogP) is 2.71. The zero-order valence-corrected chi connectivity index (χ0v) is 14.2. The number of likely N-dealkylation sites (tertiary alicyclic amines) is 1. The van der Waals surface area contributed by atoms with E-state index in [1.807, 2.05) is 0 Å². The van der Waals surface area contributed by atoms with Gasteiger partial charge in [0.05, 0.1) is 0 Å². The van der Waals surface area contributed by atoms with Gasteiger partial charge in [0.25, 0.3) is 0 Å². The fraction of sp³-hybridized carbons (Fsp3) is 1.00. The average molecular weight is 293 g/mol. The van der Waals surface area contributed by atoms with Gasteiger partial charge in [-0.2, -0.15) is 0 Å². The Balaban J connectivity index is 1.43. The Hall–Kier alpha value is -0.120. The van der Waals surface area contributed by atoms with Crippen LogP contribution in [-0.4, -0.2) is 61.2 Å². The third kappa shape index (κ3) is 4.00. The van der Waals surface area contributed by atoms with Crippen LogP contribution in [0.5, 0.6) is 0 Å². The van der Waals surface area contributed by atoms with Crippen molar-refractivity contribution < 1.29 is 0 Å². The molecule has 3 heteroatoms. The summed E-state index contributed by atoms with van der Waals surface area (Å²) in [6, 6.07) is 2.41. The molecule has 0 radical (unpaired) electrons. The van der Waals surface area contributed by atoms with Gasteiger partial charge in [-0.1, -0.05) is 19.8 Å². The van der Waals surface area contributed by atoms with E-state index in [1.165, 1.54) is 77.5 Å². The molecule has 3 fully saturated rings. The first kappa shape index (κ1) is 15.8. The van der Waals surface area contributed by atoms with Crippen LogP contribution in [0.4, 0.5) is 0 Å². The summed E-state index contributed by atoms with van der Waals surface area (Å²) in [4.78, 5) is 5.25. The lowest BCUT2D eigenvalue weighted by atomic mass is 9.77. The van der Waals surface area contributed by atoms with Gasteiger partial charge in [-0.25, -0.2) is 0 Å². The molecule has 1 N–H and O–H groups in total. The first-order chi connectivity index (χ1) is 10.3. The van der Waals surface area contributed by atoms with E-state index in [0.29, 0.717) is 0 Å². The molecule has 3 unspecified atom stereocenters. The summed E-state index contributed by atoms with van der Waals surface area (Å²) in [5.74, 6) is 0.994. The van der Waals surface area contributed by atoms with E-state index in [9.17, 15) is 0 Å². The lowest BCUT2D eigenvalue weighted by Crippen LogP contribution is -2.54. The van der Waals surface area contributed by atoms with Crippen molar-refractivity contribution in [3.63, 3.8) is 0 Å². The summed E-state index contributed by atoms with van der Waals surface area (Å²) in [7, 11) is 2.36. The second-order valence-corrected chi connectivity index (χ2v) is 7.70. The van der Waals surface area contributed by atoms with Crippen LogP contribution in [0.15, 0.2) is 0 Å². The van der Waals surface area contributed by atoms with Crippen molar-refractivity contribution in [1.82, 2.24) is 15.1 Å². The maximum absolute atomic E-state index is 3.99. The minimum Gasteiger partial charge on any atom is -0.310 e. The fourth-order valence-corrected chi connectivity index (χ4v) is 4.89. The van der Waals surface area contributed by atoms with Gasteiger partial charge >= 0.3 is 0 Å². The van der Waals surface area contributed by atoms with Crippen LogP contribution in [0.3, 0.4) is 0 Å². The number of fused-ring (bicyclic) bond motifs is 1. The molecule has 0 spiro atoms. The first-order valence-electron chi connectivity index (χ1n) is 9.45. The highest BCUT2D eigenvalue weighted by Crippen LogP contribution is 2.32. The van der Waals surface area contributed by atoms with E-state index in [0.717, 1.165) is 24.0 Å². The normalized spacial score (nSPS) is 35.9. The van der Waals surface area contributed by atoms with Crippen molar-refractivity contribution in [2.45, 2.75) is 76.4 Å². The lowest BCUT2D eigenvalue weighted by molar-refractivity contribution is 0.101. The Bertz CT molecular complexity index is 312. The van der Waals surface area contributed by atoms with Gasteiger partial charge < -0.3 is 15.1 Å². The summed E-state index contributed by atoms with van der Waals surface area (Å²) >= 11 is 0. The zero-order valence-electron chi connectivity index (χ0n) is 14.2. The summed E-state index contributed by atoms with van der Waals surface area (Å²) < 4.78 is 0. The number of nitrogens with one attached hydrogen (secondary N) is 1. The molecule has 0 aromatic rings. The van der Waals surface area contributed by atoms with Crippen molar-refractivity contribution in [3.05, 3.63) is 0 Å². The first-order valence-corrected chi connectivity index (χ1v) is 9.45. The van der Waals surface area contributed by atoms with Crippen molar-refractivity contribution >= 4 is 0 Å². The summed E-state index contributed by atoms with van der Waals surface area (Å²) in [6.45, 7) is 7.38. The van der Waals surface area contributed by atoms with Crippen LogP contribution in [0, 0.1) is 5.92 Å². The van der Waals surface area contributed by atoms with Gasteiger partial charge in [0.1, 0.15) is 0 Å². The van der Waals surface area contributed by atoms with Crippen LogP contribution in [0.2, 0.25) is 0 Å². The largest absolute Gasteiger partial charge is 0.310 e. The van der Waals surface area contributed by atoms with Crippen LogP contribution in [0.1, 0.15) is 58.3 Å². The van der Waals surface area contributed by atoms with E-state index in [4.69, 9.17) is 0 Å². The predicted molar refractivity (Wildman–Crippen MR) is 89.7 cm³/mol. The molecule has 0 aromatic carbocycles. The maximum atomic E-state index is 3.99. The molecule has 0 bridgehead atoms. The Morgan fingerprint density at radius 2 is 1.76 bits per heavy atom. The second-order valence-electron chi connectivity index (χ2n) is 7.70. The molecule has 3 rings (SSSR count). The second kappa shape index (κ2) is 7.43. The fourth-order valence-electron chi connectivity index (χ4n) is 4.89. The summed E-state index contributed by atoms with van der Waals surface area (Å²) in [5, 5.41) is 3.99. The van der Waals surface area contributed by atoms with Crippen LogP contribution >= 0.6 is 0 Å². The van der Waals surface area contributed by atoms with Gasteiger partial charge in [-0.15, -0.1) is 0 Å². The van der Waals surface area contributed by atoms with Crippen molar-refractivity contribution in [3.8, 4) is 0 Å². The van der Waals surface area contributed by atoms with Crippen LogP contribution in [0.25, 0.3) is 0 Å². The van der Waals surface area contributed by atoms with Gasteiger partial charge in [-0.05, 0) is 71.1 Å². The number of hydrogen-bond acceptors (Lipinski definition) is 3. The molecule has 3 nitrogen and oxygen atoms in total. The van der Waals surface area contributed by atoms with E-state index < -0.39 is 0 Å². The Kier molecular flexibility index (Phi) is 5.58. The van der Waals surface area contributed by atoms with Gasteiger partial charge in [-0.3, -0.25) is 0 Å². The third-order valence-corrected chi connectivity index (χ3v) is 6.38. The number of likely N-dealkylation sites (N-methyl/N-ethyl adjacent to an activating group) is 1. The zero-order chi connectivity index (χ0) is 14.7. The van der Waals surface area contributed by atoms with Crippen molar-refractivity contribution in [1.29, 1.82) is 0 Å². The van der Waals surface area contributed by atoms with E-state index in [1.54, 1.807) is 0 Å². The molecule has 0 aromatic heterocycles. The number of hydrogen-bond donors (Lipinski definition) is 1. The van der Waals surface area contributed by atoms with Crippen LogP contribution in [-0.2, 0) is 0 Å². The molecule has 2 saturated heterocycles. The molecular formula is C18H35N3. The molecule has 1 aliphatic carbocycles. The van der Waals surface area contributed by atoms with E-state index >= 15 is 0 Å². The molecule has 21 heavy (non-hydrogen) atoms. The SMILES string of the molecule is CCN1CCC(N(C)CC2CCC3CCCCC3N2)CC1. The standard InChI is InChI=1S/C18H35N3/c1-3-21-12-10-17(11-13-21)20(2)14-16-9-8-15-6-4-5-7-18(15)19-16/h15-19H,3-14H2,1-2H3. The smallest absolute Gasteiger partial charge is 0.0197 e. The quantitative estimate of drug-likeness (QED) is 0.860. The Morgan fingerprint density at radius 1 is 1.00 bits per heavy atom. The Labute approximate surface area is 131 Å². The molecule has 1 saturated carbocycles. The minimum absolute atomic E-state index is 0.749. The summed E-state index contributed by atoms with van der Waals surface area (Å²) in [6.07, 6.45) is 11.4.